The molecular formula is C72H137NO5. The molecule has 0 aromatic carbocycles. The van der Waals surface area contributed by atoms with Crippen LogP contribution in [-0.2, 0) is 14.3 Å². The van der Waals surface area contributed by atoms with Crippen LogP contribution in [-0.4, -0.2) is 47.4 Å². The van der Waals surface area contributed by atoms with Gasteiger partial charge in [0.15, 0.2) is 0 Å². The van der Waals surface area contributed by atoms with Gasteiger partial charge in [-0.1, -0.05) is 326 Å². The molecule has 0 aliphatic heterocycles. The highest BCUT2D eigenvalue weighted by atomic mass is 16.5. The average Bonchev–Trinajstić information content (AvgIpc) is 3.44. The number of carbonyl (C=O) groups excluding carboxylic acids is 2. The summed E-state index contributed by atoms with van der Waals surface area (Å²) >= 11 is 0. The molecule has 1 amide bonds. The molecule has 0 spiro atoms. The third-order valence-corrected chi connectivity index (χ3v) is 16.4. The lowest BCUT2D eigenvalue weighted by atomic mass is 10.0. The first-order valence-corrected chi connectivity index (χ1v) is 35.3. The maximum Gasteiger partial charge on any atom is 0.305 e. The number of amides is 1. The van der Waals surface area contributed by atoms with Gasteiger partial charge in [0.1, 0.15) is 0 Å². The number of aliphatic hydroxyl groups excluding tert-OH is 2. The van der Waals surface area contributed by atoms with Gasteiger partial charge in [-0.15, -0.1) is 0 Å². The summed E-state index contributed by atoms with van der Waals surface area (Å²) in [5.41, 5.74) is 0. The third kappa shape index (κ3) is 63.3. The number of esters is 1. The van der Waals surface area contributed by atoms with Gasteiger partial charge >= 0.3 is 5.97 Å². The second kappa shape index (κ2) is 67.6. The van der Waals surface area contributed by atoms with Crippen molar-refractivity contribution in [2.75, 3.05) is 13.2 Å². The molecule has 0 aliphatic carbocycles. The fraction of sp³-hybridized carbons (Fsp3) is 0.889. The van der Waals surface area contributed by atoms with Gasteiger partial charge in [-0.3, -0.25) is 9.59 Å². The molecule has 0 aromatic rings. The summed E-state index contributed by atoms with van der Waals surface area (Å²) in [5.74, 6) is -0.0534. The normalized spacial score (nSPS) is 12.7. The standard InChI is InChI=1S/C72H137NO5/c1-3-5-7-9-11-13-15-17-37-42-46-50-54-58-62-66-72(77)78-67-63-59-55-51-47-43-39-36-34-32-30-28-26-24-22-20-19-21-23-25-27-29-31-33-35-38-41-45-49-53-57-61-65-71(76)73-69(68-74)70(75)64-60-56-52-48-44-40-18-16-14-12-10-8-6-4-2/h17,22,24,37,60,64,69-70,74-75H,3-16,18-21,23,25-36,38-59,61-63,65-68H2,1-2H3,(H,73,76)/b24-22-,37-17-,64-60+. The Morgan fingerprint density at radius 2 is 0.603 bits per heavy atom. The summed E-state index contributed by atoms with van der Waals surface area (Å²) in [4.78, 5) is 24.5. The maximum atomic E-state index is 12.5. The molecule has 0 fully saturated rings. The molecule has 0 aliphatic rings. The van der Waals surface area contributed by atoms with Crippen molar-refractivity contribution in [1.82, 2.24) is 5.32 Å². The van der Waals surface area contributed by atoms with Crippen LogP contribution < -0.4 is 5.32 Å². The van der Waals surface area contributed by atoms with Crippen molar-refractivity contribution in [2.45, 2.75) is 398 Å². The van der Waals surface area contributed by atoms with E-state index in [1.54, 1.807) is 6.08 Å². The molecule has 0 heterocycles. The Bertz CT molecular complexity index is 1260. The largest absolute Gasteiger partial charge is 0.466 e. The van der Waals surface area contributed by atoms with Gasteiger partial charge in [0.05, 0.1) is 25.4 Å². The number of carbonyl (C=O) groups is 2. The quantitative estimate of drug-likeness (QED) is 0.0320. The van der Waals surface area contributed by atoms with Crippen molar-refractivity contribution >= 4 is 11.9 Å². The van der Waals surface area contributed by atoms with E-state index >= 15 is 0 Å². The Morgan fingerprint density at radius 1 is 0.346 bits per heavy atom. The van der Waals surface area contributed by atoms with Crippen LogP contribution in [0.1, 0.15) is 386 Å². The Labute approximate surface area is 487 Å². The number of unbranched alkanes of at least 4 members (excludes halogenated alkanes) is 51. The highest BCUT2D eigenvalue weighted by Gasteiger charge is 2.18. The van der Waals surface area contributed by atoms with E-state index in [0.29, 0.717) is 19.4 Å². The predicted octanol–water partition coefficient (Wildman–Crippen LogP) is 22.7. The van der Waals surface area contributed by atoms with E-state index in [-0.39, 0.29) is 18.5 Å². The number of allylic oxidation sites excluding steroid dienone is 5. The molecule has 78 heavy (non-hydrogen) atoms. The number of hydrogen-bond donors (Lipinski definition) is 3. The lowest BCUT2D eigenvalue weighted by molar-refractivity contribution is -0.143. The Kier molecular flexibility index (Phi) is 65.9. The lowest BCUT2D eigenvalue weighted by Gasteiger charge is -2.20. The molecule has 0 saturated carbocycles. The van der Waals surface area contributed by atoms with E-state index in [4.69, 9.17) is 4.74 Å². The Morgan fingerprint density at radius 3 is 0.910 bits per heavy atom. The van der Waals surface area contributed by atoms with Crippen LogP contribution in [0.4, 0.5) is 0 Å². The van der Waals surface area contributed by atoms with Crippen LogP contribution in [0.15, 0.2) is 36.5 Å². The van der Waals surface area contributed by atoms with Gasteiger partial charge in [-0.05, 0) is 83.5 Å². The van der Waals surface area contributed by atoms with Crippen LogP contribution >= 0.6 is 0 Å². The summed E-state index contributed by atoms with van der Waals surface area (Å²) < 4.78 is 5.49. The van der Waals surface area contributed by atoms with E-state index in [9.17, 15) is 19.8 Å². The smallest absolute Gasteiger partial charge is 0.305 e. The zero-order valence-electron chi connectivity index (χ0n) is 52.7. The molecule has 2 atom stereocenters. The lowest BCUT2D eigenvalue weighted by Crippen LogP contribution is -2.45. The van der Waals surface area contributed by atoms with Gasteiger partial charge in [0.2, 0.25) is 5.91 Å². The van der Waals surface area contributed by atoms with Crippen molar-refractivity contribution in [1.29, 1.82) is 0 Å². The molecule has 3 N–H and O–H groups in total. The number of ether oxygens (including phenoxy) is 1. The summed E-state index contributed by atoms with van der Waals surface area (Å²) in [7, 11) is 0. The van der Waals surface area contributed by atoms with Crippen LogP contribution in [0.3, 0.4) is 0 Å². The van der Waals surface area contributed by atoms with E-state index in [0.717, 1.165) is 44.9 Å². The second-order valence-corrected chi connectivity index (χ2v) is 24.2. The van der Waals surface area contributed by atoms with Gasteiger partial charge in [0.25, 0.3) is 0 Å². The monoisotopic (exact) mass is 1100 g/mol. The zero-order valence-corrected chi connectivity index (χ0v) is 52.7. The predicted molar refractivity (Wildman–Crippen MR) is 343 cm³/mol. The molecule has 0 radical (unpaired) electrons. The summed E-state index contributed by atoms with van der Waals surface area (Å²) in [6, 6.07) is -0.625. The fourth-order valence-corrected chi connectivity index (χ4v) is 11.0. The molecule has 6 heteroatoms. The summed E-state index contributed by atoms with van der Waals surface area (Å²) in [6.07, 6.45) is 86.6. The Hall–Kier alpha value is -1.92. The van der Waals surface area contributed by atoms with Crippen LogP contribution in [0.25, 0.3) is 0 Å². The van der Waals surface area contributed by atoms with Crippen LogP contribution in [0, 0.1) is 0 Å². The molecule has 2 unspecified atom stereocenters. The topological polar surface area (TPSA) is 95.9 Å². The van der Waals surface area contributed by atoms with Crippen molar-refractivity contribution in [3.63, 3.8) is 0 Å². The molecule has 0 rings (SSSR count). The molecule has 0 aromatic heterocycles. The summed E-state index contributed by atoms with van der Waals surface area (Å²) in [5, 5.41) is 23.1. The highest BCUT2D eigenvalue weighted by molar-refractivity contribution is 5.76. The molecular weight excluding hydrogens is 959 g/mol. The maximum absolute atomic E-state index is 12.5. The van der Waals surface area contributed by atoms with Crippen molar-refractivity contribution in [3.05, 3.63) is 36.5 Å². The molecule has 0 saturated heterocycles. The third-order valence-electron chi connectivity index (χ3n) is 16.4. The Balaban J connectivity index is 3.36. The number of aliphatic hydroxyl groups is 2. The summed E-state index contributed by atoms with van der Waals surface area (Å²) in [6.45, 7) is 4.92. The minimum absolute atomic E-state index is 0.0103. The fourth-order valence-electron chi connectivity index (χ4n) is 11.0. The van der Waals surface area contributed by atoms with E-state index < -0.39 is 12.1 Å². The van der Waals surface area contributed by atoms with E-state index in [1.807, 2.05) is 6.08 Å². The highest BCUT2D eigenvalue weighted by Crippen LogP contribution is 2.18. The first kappa shape index (κ1) is 76.1. The average molecular weight is 1100 g/mol. The van der Waals surface area contributed by atoms with Gasteiger partial charge in [-0.25, -0.2) is 0 Å². The number of nitrogens with one attached hydrogen (secondary N) is 1. The van der Waals surface area contributed by atoms with Crippen LogP contribution in [0.5, 0.6) is 0 Å². The first-order valence-electron chi connectivity index (χ1n) is 35.3. The van der Waals surface area contributed by atoms with Gasteiger partial charge < -0.3 is 20.3 Å². The van der Waals surface area contributed by atoms with E-state index in [1.165, 1.54) is 315 Å². The number of rotatable bonds is 66. The second-order valence-electron chi connectivity index (χ2n) is 24.2. The molecule has 460 valence electrons. The van der Waals surface area contributed by atoms with Crippen molar-refractivity contribution < 1.29 is 24.5 Å². The molecule has 6 nitrogen and oxygen atoms in total. The van der Waals surface area contributed by atoms with Crippen LogP contribution in [0.2, 0.25) is 0 Å². The van der Waals surface area contributed by atoms with Crippen molar-refractivity contribution in [3.8, 4) is 0 Å². The van der Waals surface area contributed by atoms with Crippen molar-refractivity contribution in [2.24, 2.45) is 0 Å². The van der Waals surface area contributed by atoms with Gasteiger partial charge in [-0.2, -0.15) is 0 Å². The van der Waals surface area contributed by atoms with E-state index in [2.05, 4.69) is 43.5 Å². The SMILES string of the molecule is CCCCCCCC/C=C\CCCCCCCC(=O)OCCCCCCCCCCCCCC/C=C\CCCCCCCCCCCCCCCCCCC(=O)NC(CO)C(O)/C=C/CCCCCCCCCCCCCC. The molecule has 0 bridgehead atoms. The van der Waals surface area contributed by atoms with Gasteiger partial charge in [0, 0.05) is 12.8 Å². The minimum atomic E-state index is -0.842. The minimum Gasteiger partial charge on any atom is -0.466 e. The number of hydrogen-bond acceptors (Lipinski definition) is 5. The first-order chi connectivity index (χ1) is 38.5. The zero-order chi connectivity index (χ0) is 56.4.